The van der Waals surface area contributed by atoms with Crippen LogP contribution in [0.2, 0.25) is 10.0 Å². The zero-order chi connectivity index (χ0) is 30.9. The third-order valence-corrected chi connectivity index (χ3v) is 8.77. The Morgan fingerprint density at radius 1 is 0.905 bits per heavy atom. The summed E-state index contributed by atoms with van der Waals surface area (Å²) in [6, 6.07) is 21.0. The molecule has 0 saturated carbocycles. The molecule has 1 N–H and O–H groups in total. The molecule has 0 unspecified atom stereocenters. The quantitative estimate of drug-likeness (QED) is 0.227. The number of halogens is 2. The van der Waals surface area contributed by atoms with E-state index in [2.05, 4.69) is 5.32 Å². The smallest absolute Gasteiger partial charge is 0.243 e. The maximum atomic E-state index is 14.0. The van der Waals surface area contributed by atoms with Crippen molar-refractivity contribution < 1.29 is 18.0 Å². The van der Waals surface area contributed by atoms with Gasteiger partial charge in [-0.25, -0.2) is 8.42 Å². The Hall–Kier alpha value is -3.07. The van der Waals surface area contributed by atoms with Gasteiger partial charge in [0.2, 0.25) is 21.8 Å². The maximum Gasteiger partial charge on any atom is 0.243 e. The minimum atomic E-state index is -3.60. The highest BCUT2D eigenvalue weighted by Gasteiger charge is 2.31. The lowest BCUT2D eigenvalue weighted by molar-refractivity contribution is -0.141. The van der Waals surface area contributed by atoms with E-state index in [9.17, 15) is 18.0 Å². The summed E-state index contributed by atoms with van der Waals surface area (Å²) < 4.78 is 26.7. The van der Waals surface area contributed by atoms with E-state index < -0.39 is 16.1 Å². The number of carbonyl (C=O) groups is 2. The summed E-state index contributed by atoms with van der Waals surface area (Å²) in [5.41, 5.74) is 2.82. The molecule has 3 rings (SSSR count). The molecule has 0 bridgehead atoms. The van der Waals surface area contributed by atoms with Crippen molar-refractivity contribution in [3.8, 4) is 0 Å². The van der Waals surface area contributed by atoms with Gasteiger partial charge >= 0.3 is 0 Å². The summed E-state index contributed by atoms with van der Waals surface area (Å²) in [6.07, 6.45) is 1.71. The highest BCUT2D eigenvalue weighted by molar-refractivity contribution is 7.92. The largest absolute Gasteiger partial charge is 0.354 e. The molecule has 10 heteroatoms. The van der Waals surface area contributed by atoms with Gasteiger partial charge in [0.05, 0.1) is 11.9 Å². The molecule has 3 aromatic rings. The molecule has 0 aliphatic heterocycles. The summed E-state index contributed by atoms with van der Waals surface area (Å²) in [5, 5.41) is 3.77. The van der Waals surface area contributed by atoms with Crippen LogP contribution in [0.25, 0.3) is 0 Å². The van der Waals surface area contributed by atoms with Crippen LogP contribution in [0.3, 0.4) is 0 Å². The summed E-state index contributed by atoms with van der Waals surface area (Å²) in [6.45, 7) is 6.44. The second-order valence-corrected chi connectivity index (χ2v) is 13.5. The fourth-order valence-corrected chi connectivity index (χ4v) is 6.20. The van der Waals surface area contributed by atoms with E-state index in [1.807, 2.05) is 63.2 Å². The standard InChI is InChI=1S/C32H39Cl2N3O4S/c1-23(2)21-35-32(39)30(20-25-13-6-5-7-14-25)36(22-26-27(33)15-10-16-28(26)34)31(38)18-11-19-37(42(4,40)41)29-17-9-8-12-24(29)3/h5-10,12-17,23,30H,11,18-22H2,1-4H3,(H,35,39)/t30-/m1/s1. The third-order valence-electron chi connectivity index (χ3n) is 6.88. The number of hydrogen-bond acceptors (Lipinski definition) is 4. The Morgan fingerprint density at radius 2 is 1.52 bits per heavy atom. The van der Waals surface area contributed by atoms with E-state index >= 15 is 0 Å². The Bertz CT molecular complexity index is 1450. The number of rotatable bonds is 14. The molecule has 0 aromatic heterocycles. The minimum Gasteiger partial charge on any atom is -0.354 e. The average molecular weight is 633 g/mol. The van der Waals surface area contributed by atoms with E-state index in [-0.39, 0.29) is 50.1 Å². The second-order valence-electron chi connectivity index (χ2n) is 10.8. The number of nitrogens with one attached hydrogen (secondary N) is 1. The first-order valence-corrected chi connectivity index (χ1v) is 16.6. The predicted molar refractivity (Wildman–Crippen MR) is 171 cm³/mol. The first-order chi connectivity index (χ1) is 19.9. The number of benzene rings is 3. The van der Waals surface area contributed by atoms with Crippen LogP contribution in [0, 0.1) is 12.8 Å². The van der Waals surface area contributed by atoms with Crippen LogP contribution in [-0.2, 0) is 32.6 Å². The van der Waals surface area contributed by atoms with Gasteiger partial charge in [0, 0.05) is 48.1 Å². The molecule has 0 fully saturated rings. The molecule has 42 heavy (non-hydrogen) atoms. The molecule has 0 heterocycles. The van der Waals surface area contributed by atoms with Crippen molar-refractivity contribution in [2.24, 2.45) is 5.92 Å². The van der Waals surface area contributed by atoms with E-state index in [4.69, 9.17) is 23.2 Å². The predicted octanol–water partition coefficient (Wildman–Crippen LogP) is 6.26. The fourth-order valence-electron chi connectivity index (χ4n) is 4.66. The number of hydrogen-bond donors (Lipinski definition) is 1. The zero-order valence-corrected chi connectivity index (χ0v) is 26.8. The highest BCUT2D eigenvalue weighted by Crippen LogP contribution is 2.28. The summed E-state index contributed by atoms with van der Waals surface area (Å²) in [4.78, 5) is 29.1. The van der Waals surface area contributed by atoms with Gasteiger partial charge < -0.3 is 10.2 Å². The van der Waals surface area contributed by atoms with Crippen LogP contribution in [-0.4, -0.2) is 50.5 Å². The zero-order valence-electron chi connectivity index (χ0n) is 24.5. The minimum absolute atomic E-state index is 0.0166. The molecule has 0 spiro atoms. The topological polar surface area (TPSA) is 86.8 Å². The molecule has 0 radical (unpaired) electrons. The van der Waals surface area contributed by atoms with E-state index in [1.54, 1.807) is 30.3 Å². The van der Waals surface area contributed by atoms with Gasteiger partial charge in [-0.1, -0.05) is 91.6 Å². The van der Waals surface area contributed by atoms with Crippen LogP contribution in [0.4, 0.5) is 5.69 Å². The van der Waals surface area contributed by atoms with Crippen molar-refractivity contribution in [3.63, 3.8) is 0 Å². The van der Waals surface area contributed by atoms with E-state index in [1.165, 1.54) is 9.21 Å². The lowest BCUT2D eigenvalue weighted by Crippen LogP contribution is -2.51. The summed E-state index contributed by atoms with van der Waals surface area (Å²) in [7, 11) is -3.60. The fraction of sp³-hybridized carbons (Fsp3) is 0.375. The molecule has 0 aliphatic carbocycles. The molecule has 0 saturated heterocycles. The van der Waals surface area contributed by atoms with Crippen molar-refractivity contribution in [1.82, 2.24) is 10.2 Å². The van der Waals surface area contributed by atoms with Crippen molar-refractivity contribution in [2.45, 2.75) is 52.6 Å². The normalized spacial score (nSPS) is 12.2. The van der Waals surface area contributed by atoms with Gasteiger partial charge in [0.15, 0.2) is 0 Å². The molecule has 0 aliphatic rings. The molecule has 1 atom stereocenters. The maximum absolute atomic E-state index is 14.0. The third kappa shape index (κ3) is 9.48. The van der Waals surface area contributed by atoms with Gasteiger partial charge in [-0.15, -0.1) is 0 Å². The van der Waals surface area contributed by atoms with E-state index in [0.29, 0.717) is 27.8 Å². The highest BCUT2D eigenvalue weighted by atomic mass is 35.5. The second kappa shape index (κ2) is 15.4. The number of para-hydroxylation sites is 1. The lowest BCUT2D eigenvalue weighted by atomic mass is 10.0. The Morgan fingerprint density at radius 3 is 2.12 bits per heavy atom. The monoisotopic (exact) mass is 631 g/mol. The molecule has 3 aromatic carbocycles. The van der Waals surface area contributed by atoms with E-state index in [0.717, 1.165) is 17.4 Å². The number of amides is 2. The number of aryl methyl sites for hydroxylation is 1. The number of nitrogens with zero attached hydrogens (tertiary/aromatic N) is 2. The SMILES string of the molecule is Cc1ccccc1N(CCCC(=O)N(Cc1c(Cl)cccc1Cl)[C@H](Cc1ccccc1)C(=O)NCC(C)C)S(C)(=O)=O. The first-order valence-electron chi connectivity index (χ1n) is 14.0. The molecular weight excluding hydrogens is 593 g/mol. The van der Waals surface area contributed by atoms with Crippen LogP contribution in [0.5, 0.6) is 0 Å². The average Bonchev–Trinajstić information content (AvgIpc) is 2.93. The number of carbonyl (C=O) groups excluding carboxylic acids is 2. The Kier molecular flexibility index (Phi) is 12.3. The van der Waals surface area contributed by atoms with Gasteiger partial charge in [0.1, 0.15) is 6.04 Å². The number of anilines is 1. The Labute approximate surface area is 259 Å². The molecule has 2 amide bonds. The first kappa shape index (κ1) is 33.4. The van der Waals surface area contributed by atoms with Crippen molar-refractivity contribution in [3.05, 3.63) is 99.5 Å². The number of sulfonamides is 1. The van der Waals surface area contributed by atoms with Crippen LogP contribution in [0.1, 0.15) is 43.4 Å². The van der Waals surface area contributed by atoms with Crippen molar-refractivity contribution in [2.75, 3.05) is 23.7 Å². The van der Waals surface area contributed by atoms with Gasteiger partial charge in [-0.05, 0) is 48.6 Å². The van der Waals surface area contributed by atoms with Crippen molar-refractivity contribution >= 4 is 50.7 Å². The Balaban J connectivity index is 1.93. The summed E-state index contributed by atoms with van der Waals surface area (Å²) in [5.74, 6) is -0.358. The van der Waals surface area contributed by atoms with Gasteiger partial charge in [-0.2, -0.15) is 0 Å². The van der Waals surface area contributed by atoms with Crippen molar-refractivity contribution in [1.29, 1.82) is 0 Å². The summed E-state index contributed by atoms with van der Waals surface area (Å²) >= 11 is 13.0. The van der Waals surface area contributed by atoms with Gasteiger partial charge in [0.25, 0.3) is 0 Å². The van der Waals surface area contributed by atoms with Crippen LogP contribution >= 0.6 is 23.2 Å². The van der Waals surface area contributed by atoms with Crippen LogP contribution in [0.15, 0.2) is 72.8 Å². The van der Waals surface area contributed by atoms with Gasteiger partial charge in [-0.3, -0.25) is 13.9 Å². The molecule has 7 nitrogen and oxygen atoms in total. The molecular formula is C32H39Cl2N3O4S. The lowest BCUT2D eigenvalue weighted by Gasteiger charge is -2.32. The van der Waals surface area contributed by atoms with Crippen LogP contribution < -0.4 is 9.62 Å². The molecule has 226 valence electrons.